The molecule has 4 rings (SSSR count). The molecule has 0 atom stereocenters. The summed E-state index contributed by atoms with van der Waals surface area (Å²) in [4.78, 5) is 28.2. The number of anilines is 1. The number of hydrogen-bond donors (Lipinski definition) is 2. The molecule has 2 N–H and O–H groups in total. The molecule has 0 bridgehead atoms. The van der Waals surface area contributed by atoms with Gasteiger partial charge in [-0.15, -0.1) is 0 Å². The highest BCUT2D eigenvalue weighted by atomic mass is 35.5. The number of rotatable bonds is 10. The molecule has 0 spiro atoms. The zero-order valence-corrected chi connectivity index (χ0v) is 23.5. The molecule has 0 fully saturated rings. The molecule has 7 nitrogen and oxygen atoms in total. The maximum Gasteiger partial charge on any atom is 0.287 e. The van der Waals surface area contributed by atoms with Gasteiger partial charge < -0.3 is 14.6 Å². The summed E-state index contributed by atoms with van der Waals surface area (Å²) in [6.45, 7) is 5.95. The Labute approximate surface area is 243 Å². The SMILES string of the molecule is CCN(CC)c1ccc(/C=C(\NC(=O)c2ccccc2)C(=O)N/N=C/c2ccc(-c3ccc(Cl)cc3Cl)o2)cc1. The van der Waals surface area contributed by atoms with Gasteiger partial charge in [0.1, 0.15) is 17.2 Å². The molecule has 204 valence electrons. The fraction of sp³-hybridized carbons (Fsp3) is 0.129. The van der Waals surface area contributed by atoms with Crippen molar-refractivity contribution in [2.75, 3.05) is 18.0 Å². The monoisotopic (exact) mass is 574 g/mol. The van der Waals surface area contributed by atoms with Crippen LogP contribution in [0.2, 0.25) is 10.0 Å². The fourth-order valence-electron chi connectivity index (χ4n) is 3.95. The van der Waals surface area contributed by atoms with Crippen molar-refractivity contribution in [2.24, 2.45) is 5.10 Å². The van der Waals surface area contributed by atoms with E-state index in [1.54, 1.807) is 60.7 Å². The van der Waals surface area contributed by atoms with E-state index < -0.39 is 11.8 Å². The Balaban J connectivity index is 1.52. The Hall–Kier alpha value is -4.33. The Morgan fingerprint density at radius 2 is 1.65 bits per heavy atom. The van der Waals surface area contributed by atoms with Crippen LogP contribution in [0, 0.1) is 0 Å². The van der Waals surface area contributed by atoms with Crippen LogP contribution in [-0.4, -0.2) is 31.1 Å². The zero-order valence-electron chi connectivity index (χ0n) is 22.0. The van der Waals surface area contributed by atoms with E-state index in [0.29, 0.717) is 32.7 Å². The first-order valence-electron chi connectivity index (χ1n) is 12.7. The van der Waals surface area contributed by atoms with E-state index >= 15 is 0 Å². The summed E-state index contributed by atoms with van der Waals surface area (Å²) in [5.74, 6) is -0.0902. The van der Waals surface area contributed by atoms with Crippen molar-refractivity contribution in [2.45, 2.75) is 13.8 Å². The van der Waals surface area contributed by atoms with E-state index in [1.807, 2.05) is 30.3 Å². The van der Waals surface area contributed by atoms with Crippen molar-refractivity contribution in [1.29, 1.82) is 0 Å². The molecular formula is C31H28Cl2N4O3. The predicted octanol–water partition coefficient (Wildman–Crippen LogP) is 7.02. The highest BCUT2D eigenvalue weighted by Gasteiger charge is 2.15. The number of amides is 2. The number of nitrogens with zero attached hydrogens (tertiary/aromatic N) is 2. The third-order valence-corrected chi connectivity index (χ3v) is 6.59. The third-order valence-electron chi connectivity index (χ3n) is 6.04. The molecule has 2 amide bonds. The number of carbonyl (C=O) groups is 2. The molecular weight excluding hydrogens is 547 g/mol. The molecule has 0 aliphatic carbocycles. The van der Waals surface area contributed by atoms with E-state index in [4.69, 9.17) is 27.6 Å². The first-order chi connectivity index (χ1) is 19.4. The topological polar surface area (TPSA) is 86.9 Å². The summed E-state index contributed by atoms with van der Waals surface area (Å²) in [7, 11) is 0. The quantitative estimate of drug-likeness (QED) is 0.121. The average molecular weight is 575 g/mol. The lowest BCUT2D eigenvalue weighted by Crippen LogP contribution is -2.32. The largest absolute Gasteiger partial charge is 0.455 e. The fourth-order valence-corrected chi connectivity index (χ4v) is 4.45. The number of furan rings is 1. The molecule has 9 heteroatoms. The number of benzene rings is 3. The lowest BCUT2D eigenvalue weighted by Gasteiger charge is -2.20. The maximum absolute atomic E-state index is 13.1. The summed E-state index contributed by atoms with van der Waals surface area (Å²) in [6.07, 6.45) is 2.96. The van der Waals surface area contributed by atoms with Gasteiger partial charge in [-0.2, -0.15) is 5.10 Å². The van der Waals surface area contributed by atoms with Gasteiger partial charge in [-0.1, -0.05) is 53.5 Å². The average Bonchev–Trinajstić information content (AvgIpc) is 3.43. The number of hydrogen-bond acceptors (Lipinski definition) is 5. The molecule has 0 radical (unpaired) electrons. The first kappa shape index (κ1) is 28.7. The van der Waals surface area contributed by atoms with Crippen LogP contribution < -0.4 is 15.6 Å². The number of hydrazone groups is 1. The van der Waals surface area contributed by atoms with E-state index in [0.717, 1.165) is 24.3 Å². The van der Waals surface area contributed by atoms with Gasteiger partial charge in [0.25, 0.3) is 11.8 Å². The lowest BCUT2D eigenvalue weighted by atomic mass is 10.1. The van der Waals surface area contributed by atoms with Gasteiger partial charge >= 0.3 is 0 Å². The van der Waals surface area contributed by atoms with Gasteiger partial charge in [-0.05, 0) is 80.1 Å². The van der Waals surface area contributed by atoms with Gasteiger partial charge in [-0.25, -0.2) is 5.43 Å². The zero-order chi connectivity index (χ0) is 28.5. The molecule has 1 heterocycles. The third kappa shape index (κ3) is 7.40. The van der Waals surface area contributed by atoms with Crippen molar-refractivity contribution < 1.29 is 14.0 Å². The molecule has 4 aromatic rings. The molecule has 0 aliphatic rings. The van der Waals surface area contributed by atoms with Crippen LogP contribution in [0.1, 0.15) is 35.5 Å². The summed E-state index contributed by atoms with van der Waals surface area (Å²) in [6, 6.07) is 24.9. The van der Waals surface area contributed by atoms with Crippen LogP contribution in [0.5, 0.6) is 0 Å². The molecule has 3 aromatic carbocycles. The Kier molecular flexibility index (Phi) is 9.78. The Bertz CT molecular complexity index is 1530. The minimum absolute atomic E-state index is 0.0367. The summed E-state index contributed by atoms with van der Waals surface area (Å²) >= 11 is 12.2. The number of carbonyl (C=O) groups excluding carboxylic acids is 2. The van der Waals surface area contributed by atoms with Gasteiger partial charge in [-0.3, -0.25) is 9.59 Å². The van der Waals surface area contributed by atoms with E-state index in [-0.39, 0.29) is 5.70 Å². The van der Waals surface area contributed by atoms with Crippen molar-refractivity contribution in [1.82, 2.24) is 10.7 Å². The highest BCUT2D eigenvalue weighted by molar-refractivity contribution is 6.36. The van der Waals surface area contributed by atoms with Gasteiger partial charge in [0.05, 0.1) is 11.2 Å². The predicted molar refractivity (Wildman–Crippen MR) is 162 cm³/mol. The summed E-state index contributed by atoms with van der Waals surface area (Å²) < 4.78 is 5.78. The first-order valence-corrected chi connectivity index (χ1v) is 13.4. The second-order valence-electron chi connectivity index (χ2n) is 8.67. The molecule has 0 aliphatic heterocycles. The van der Waals surface area contributed by atoms with Gasteiger partial charge in [0.15, 0.2) is 0 Å². The molecule has 40 heavy (non-hydrogen) atoms. The van der Waals surface area contributed by atoms with Crippen molar-refractivity contribution in [3.05, 3.63) is 118 Å². The van der Waals surface area contributed by atoms with Crippen molar-refractivity contribution in [3.8, 4) is 11.3 Å². The van der Waals surface area contributed by atoms with Crippen molar-refractivity contribution >= 4 is 53.0 Å². The molecule has 0 unspecified atom stereocenters. The number of halogens is 2. The minimum Gasteiger partial charge on any atom is -0.455 e. The second kappa shape index (κ2) is 13.6. The Morgan fingerprint density at radius 3 is 2.33 bits per heavy atom. The normalized spacial score (nSPS) is 11.4. The molecule has 1 aromatic heterocycles. The van der Waals surface area contributed by atoms with Crippen LogP contribution in [0.3, 0.4) is 0 Å². The van der Waals surface area contributed by atoms with Crippen LogP contribution in [0.15, 0.2) is 100 Å². The van der Waals surface area contributed by atoms with Crippen LogP contribution in [0.25, 0.3) is 17.4 Å². The lowest BCUT2D eigenvalue weighted by molar-refractivity contribution is -0.117. The second-order valence-corrected chi connectivity index (χ2v) is 9.51. The molecule has 0 saturated carbocycles. The van der Waals surface area contributed by atoms with Gasteiger partial charge in [0.2, 0.25) is 0 Å². The summed E-state index contributed by atoms with van der Waals surface area (Å²) in [5.41, 5.74) is 5.41. The smallest absolute Gasteiger partial charge is 0.287 e. The van der Waals surface area contributed by atoms with E-state index in [1.165, 1.54) is 6.21 Å². The maximum atomic E-state index is 13.1. The summed E-state index contributed by atoms with van der Waals surface area (Å²) in [5, 5.41) is 7.69. The highest BCUT2D eigenvalue weighted by Crippen LogP contribution is 2.31. The molecule has 0 saturated heterocycles. The van der Waals surface area contributed by atoms with Crippen molar-refractivity contribution in [3.63, 3.8) is 0 Å². The van der Waals surface area contributed by atoms with Gasteiger partial charge in [0, 0.05) is 34.9 Å². The van der Waals surface area contributed by atoms with Crippen LogP contribution in [-0.2, 0) is 4.79 Å². The standard InChI is InChI=1S/C31H28Cl2N4O3/c1-3-37(4-2)24-13-10-21(11-14-24)18-28(35-30(38)22-8-6-5-7-9-22)31(39)36-34-20-25-15-17-29(40-25)26-16-12-23(32)19-27(26)33/h5-20H,3-4H2,1-2H3,(H,35,38)(H,36,39)/b28-18-,34-20+. The number of nitrogens with one attached hydrogen (secondary N) is 2. The van der Waals surface area contributed by atoms with E-state index in [2.05, 4.69) is 34.6 Å². The van der Waals surface area contributed by atoms with Crippen LogP contribution >= 0.6 is 23.2 Å². The van der Waals surface area contributed by atoms with Crippen LogP contribution in [0.4, 0.5) is 5.69 Å². The van der Waals surface area contributed by atoms with E-state index in [9.17, 15) is 9.59 Å². The minimum atomic E-state index is -0.596. The Morgan fingerprint density at radius 1 is 0.925 bits per heavy atom.